The van der Waals surface area contributed by atoms with Crippen molar-refractivity contribution in [1.82, 2.24) is 5.32 Å². The van der Waals surface area contributed by atoms with Gasteiger partial charge in [0.25, 0.3) is 0 Å². The fourth-order valence-corrected chi connectivity index (χ4v) is 2.38. The first kappa shape index (κ1) is 18.7. The van der Waals surface area contributed by atoms with E-state index in [1.807, 2.05) is 74.5 Å². The van der Waals surface area contributed by atoms with Gasteiger partial charge in [0, 0.05) is 5.69 Å². The molecule has 0 aromatic heterocycles. The zero-order valence-electron chi connectivity index (χ0n) is 14.7. The van der Waals surface area contributed by atoms with Crippen LogP contribution in [-0.4, -0.2) is 24.4 Å². The molecule has 132 valence electrons. The van der Waals surface area contributed by atoms with Gasteiger partial charge in [0.1, 0.15) is 0 Å². The molecule has 5 nitrogen and oxygen atoms in total. The van der Waals surface area contributed by atoms with Crippen LogP contribution in [-0.2, 0) is 16.1 Å². The van der Waals surface area contributed by atoms with Crippen molar-refractivity contribution in [2.45, 2.75) is 26.4 Å². The first-order chi connectivity index (χ1) is 12.0. The Balaban J connectivity index is 2.09. The Hall–Kier alpha value is -2.66. The van der Waals surface area contributed by atoms with Gasteiger partial charge in [-0.25, -0.2) is 0 Å². The Labute approximate surface area is 148 Å². The Morgan fingerprint density at radius 2 is 1.56 bits per heavy atom. The van der Waals surface area contributed by atoms with E-state index in [9.17, 15) is 9.59 Å². The van der Waals surface area contributed by atoms with Crippen LogP contribution in [0, 0.1) is 5.92 Å². The number of nitrogens with zero attached hydrogens (tertiary/aromatic N) is 1. The average molecular weight is 339 g/mol. The maximum absolute atomic E-state index is 12.7. The summed E-state index contributed by atoms with van der Waals surface area (Å²) in [5, 5.41) is 2.64. The van der Waals surface area contributed by atoms with Gasteiger partial charge in [0.2, 0.25) is 11.8 Å². The highest BCUT2D eigenvalue weighted by atomic mass is 16.2. The number of anilines is 1. The van der Waals surface area contributed by atoms with Crippen LogP contribution in [0.15, 0.2) is 60.7 Å². The van der Waals surface area contributed by atoms with Crippen LogP contribution < -0.4 is 16.0 Å². The molecule has 0 fully saturated rings. The second-order valence-corrected chi connectivity index (χ2v) is 6.29. The lowest BCUT2D eigenvalue weighted by atomic mass is 10.1. The van der Waals surface area contributed by atoms with Crippen molar-refractivity contribution in [3.8, 4) is 0 Å². The minimum Gasteiger partial charge on any atom is -0.346 e. The highest BCUT2D eigenvalue weighted by molar-refractivity contribution is 5.97. The fourth-order valence-electron chi connectivity index (χ4n) is 2.38. The van der Waals surface area contributed by atoms with Crippen LogP contribution in [0.1, 0.15) is 19.4 Å². The van der Waals surface area contributed by atoms with Gasteiger partial charge in [-0.1, -0.05) is 62.4 Å². The topological polar surface area (TPSA) is 75.4 Å². The second kappa shape index (κ2) is 8.99. The number of rotatable bonds is 7. The van der Waals surface area contributed by atoms with Crippen LogP contribution in [0.3, 0.4) is 0 Å². The first-order valence-corrected chi connectivity index (χ1v) is 8.41. The fraction of sp³-hybridized carbons (Fsp3) is 0.300. The minimum absolute atomic E-state index is 0.0182. The Kier molecular flexibility index (Phi) is 6.71. The predicted molar refractivity (Wildman–Crippen MR) is 99.9 cm³/mol. The number of nitrogens with two attached hydrogens (primary N) is 1. The highest BCUT2D eigenvalue weighted by Gasteiger charge is 2.20. The van der Waals surface area contributed by atoms with E-state index in [1.54, 1.807) is 4.90 Å². The Morgan fingerprint density at radius 1 is 1.00 bits per heavy atom. The molecule has 2 aromatic carbocycles. The summed E-state index contributed by atoms with van der Waals surface area (Å²) in [6.45, 7) is 4.10. The summed E-state index contributed by atoms with van der Waals surface area (Å²) in [5.41, 5.74) is 7.63. The van der Waals surface area contributed by atoms with Crippen LogP contribution in [0.2, 0.25) is 0 Å². The standard InChI is InChI=1S/C20H25N3O2/c1-15(2)19(21)20(25)22-13-18(24)23(17-11-7-4-8-12-17)14-16-9-5-3-6-10-16/h3-12,15,19H,13-14,21H2,1-2H3,(H,22,25)/t19-/m0/s1. The van der Waals surface area contributed by atoms with Gasteiger partial charge < -0.3 is 16.0 Å². The van der Waals surface area contributed by atoms with E-state index in [2.05, 4.69) is 5.32 Å². The number of carbonyl (C=O) groups excluding carboxylic acids is 2. The molecular formula is C20H25N3O2. The largest absolute Gasteiger partial charge is 0.346 e. The third-order valence-corrected chi connectivity index (χ3v) is 3.99. The van der Waals surface area contributed by atoms with Gasteiger partial charge in [-0.05, 0) is 23.6 Å². The van der Waals surface area contributed by atoms with Gasteiger partial charge in [0.05, 0.1) is 19.1 Å². The molecule has 0 bridgehead atoms. The molecule has 0 radical (unpaired) electrons. The summed E-state index contributed by atoms with van der Waals surface area (Å²) in [6, 6.07) is 18.6. The van der Waals surface area contributed by atoms with E-state index in [-0.39, 0.29) is 24.3 Å². The van der Waals surface area contributed by atoms with Crippen molar-refractivity contribution >= 4 is 17.5 Å². The summed E-state index contributed by atoms with van der Waals surface area (Å²) in [4.78, 5) is 26.4. The molecule has 2 rings (SSSR count). The molecule has 0 heterocycles. The second-order valence-electron chi connectivity index (χ2n) is 6.29. The molecule has 1 atom stereocenters. The zero-order chi connectivity index (χ0) is 18.2. The van der Waals surface area contributed by atoms with Gasteiger partial charge in [-0.3, -0.25) is 9.59 Å². The van der Waals surface area contributed by atoms with Crippen LogP contribution >= 0.6 is 0 Å². The van der Waals surface area contributed by atoms with Gasteiger partial charge in [0.15, 0.2) is 0 Å². The minimum atomic E-state index is -0.618. The van der Waals surface area contributed by atoms with Gasteiger partial charge in [-0.15, -0.1) is 0 Å². The zero-order valence-corrected chi connectivity index (χ0v) is 14.7. The molecule has 0 saturated heterocycles. The smallest absolute Gasteiger partial charge is 0.246 e. The lowest BCUT2D eigenvalue weighted by Gasteiger charge is -2.24. The third-order valence-electron chi connectivity index (χ3n) is 3.99. The highest BCUT2D eigenvalue weighted by Crippen LogP contribution is 2.17. The van der Waals surface area contributed by atoms with E-state index in [4.69, 9.17) is 5.73 Å². The maximum atomic E-state index is 12.7. The lowest BCUT2D eigenvalue weighted by Crippen LogP contribution is -2.47. The number of nitrogens with one attached hydrogen (secondary N) is 1. The normalized spacial score (nSPS) is 11.8. The Bertz CT molecular complexity index is 687. The average Bonchev–Trinajstić information content (AvgIpc) is 2.64. The van der Waals surface area contributed by atoms with Crippen LogP contribution in [0.25, 0.3) is 0 Å². The first-order valence-electron chi connectivity index (χ1n) is 8.41. The summed E-state index contributed by atoms with van der Waals surface area (Å²) in [6.07, 6.45) is 0. The molecule has 3 N–H and O–H groups in total. The SMILES string of the molecule is CC(C)[C@H](N)C(=O)NCC(=O)N(Cc1ccccc1)c1ccccc1. The van der Waals surface area contributed by atoms with Crippen molar-refractivity contribution in [2.24, 2.45) is 11.7 Å². The molecule has 2 amide bonds. The third kappa shape index (κ3) is 5.43. The quantitative estimate of drug-likeness (QED) is 0.813. The maximum Gasteiger partial charge on any atom is 0.246 e. The van der Waals surface area contributed by atoms with E-state index >= 15 is 0 Å². The molecule has 0 aliphatic carbocycles. The molecule has 0 aliphatic heterocycles. The van der Waals surface area contributed by atoms with Gasteiger partial charge >= 0.3 is 0 Å². The number of amides is 2. The van der Waals surface area contributed by atoms with Gasteiger partial charge in [-0.2, -0.15) is 0 Å². The molecule has 2 aromatic rings. The van der Waals surface area contributed by atoms with Crippen molar-refractivity contribution < 1.29 is 9.59 Å². The molecule has 0 saturated carbocycles. The molecular weight excluding hydrogens is 314 g/mol. The van der Waals surface area contributed by atoms with E-state index in [0.717, 1.165) is 11.3 Å². The van der Waals surface area contributed by atoms with Crippen molar-refractivity contribution in [1.29, 1.82) is 0 Å². The van der Waals surface area contributed by atoms with E-state index in [0.29, 0.717) is 6.54 Å². The number of benzene rings is 2. The number of carbonyl (C=O) groups is 2. The predicted octanol–water partition coefficient (Wildman–Crippen LogP) is 2.32. The molecule has 25 heavy (non-hydrogen) atoms. The number of para-hydroxylation sites is 1. The van der Waals surface area contributed by atoms with Crippen molar-refractivity contribution in [2.75, 3.05) is 11.4 Å². The number of hydrogen-bond acceptors (Lipinski definition) is 3. The molecule has 5 heteroatoms. The monoisotopic (exact) mass is 339 g/mol. The Morgan fingerprint density at radius 3 is 2.12 bits per heavy atom. The van der Waals surface area contributed by atoms with E-state index in [1.165, 1.54) is 0 Å². The summed E-state index contributed by atoms with van der Waals surface area (Å²) < 4.78 is 0. The van der Waals surface area contributed by atoms with E-state index < -0.39 is 6.04 Å². The number of hydrogen-bond donors (Lipinski definition) is 2. The molecule has 0 spiro atoms. The summed E-state index contributed by atoms with van der Waals surface area (Å²) in [5.74, 6) is -0.472. The summed E-state index contributed by atoms with van der Waals surface area (Å²) in [7, 11) is 0. The van der Waals surface area contributed by atoms with Crippen molar-refractivity contribution in [3.63, 3.8) is 0 Å². The van der Waals surface area contributed by atoms with Crippen LogP contribution in [0.5, 0.6) is 0 Å². The molecule has 0 unspecified atom stereocenters. The molecule has 0 aliphatic rings. The lowest BCUT2D eigenvalue weighted by molar-refractivity contribution is -0.126. The van der Waals surface area contributed by atoms with Crippen LogP contribution in [0.4, 0.5) is 5.69 Å². The van der Waals surface area contributed by atoms with Crippen molar-refractivity contribution in [3.05, 3.63) is 66.2 Å². The summed E-state index contributed by atoms with van der Waals surface area (Å²) >= 11 is 0.